The first kappa shape index (κ1) is 19.2. The van der Waals surface area contributed by atoms with Crippen LogP contribution in [0.3, 0.4) is 0 Å². The average molecular weight is 378 g/mol. The largest absolute Gasteiger partial charge is 0.318 e. The van der Waals surface area contributed by atoms with Gasteiger partial charge in [0.1, 0.15) is 0 Å². The van der Waals surface area contributed by atoms with Crippen molar-refractivity contribution in [2.75, 3.05) is 13.3 Å². The van der Waals surface area contributed by atoms with Crippen LogP contribution in [0.25, 0.3) is 0 Å². The minimum atomic E-state index is -0.367. The number of rotatable bonds is 4. The zero-order valence-corrected chi connectivity index (χ0v) is 16.6. The third-order valence-electron chi connectivity index (χ3n) is 5.38. The molecule has 0 bridgehead atoms. The molecule has 142 valence electrons. The first-order valence-corrected chi connectivity index (χ1v) is 10.3. The summed E-state index contributed by atoms with van der Waals surface area (Å²) in [6.45, 7) is 8.92. The van der Waals surface area contributed by atoms with E-state index < -0.39 is 0 Å². The number of benzene rings is 1. The zero-order chi connectivity index (χ0) is 18.7. The summed E-state index contributed by atoms with van der Waals surface area (Å²) < 4.78 is 0. The molecule has 0 saturated heterocycles. The molecule has 7 heteroatoms. The van der Waals surface area contributed by atoms with Crippen LogP contribution in [-0.4, -0.2) is 29.5 Å². The number of hydrogen-bond donors (Lipinski definition) is 2. The molecule has 1 saturated carbocycles. The minimum Gasteiger partial charge on any atom is -0.318 e. The van der Waals surface area contributed by atoms with E-state index in [0.717, 1.165) is 35.7 Å². The Morgan fingerprint density at radius 3 is 2.65 bits per heavy atom. The van der Waals surface area contributed by atoms with Crippen LogP contribution in [0.15, 0.2) is 29.3 Å². The summed E-state index contributed by atoms with van der Waals surface area (Å²) in [5, 5.41) is 15.2. The highest BCUT2D eigenvalue weighted by atomic mass is 32.2. The van der Waals surface area contributed by atoms with Gasteiger partial charge in [-0.05, 0) is 23.3 Å². The van der Waals surface area contributed by atoms with E-state index in [-0.39, 0.29) is 10.6 Å². The van der Waals surface area contributed by atoms with E-state index in [1.165, 1.54) is 19.3 Å². The van der Waals surface area contributed by atoms with E-state index >= 15 is 0 Å². The fourth-order valence-corrected chi connectivity index (χ4v) is 5.19. The van der Waals surface area contributed by atoms with E-state index in [9.17, 15) is 10.1 Å². The maximum Gasteiger partial charge on any atom is 0.269 e. The molecule has 1 aromatic rings. The second kappa shape index (κ2) is 7.96. The first-order valence-electron chi connectivity index (χ1n) is 9.31. The molecule has 0 radical (unpaired) electrons. The molecule has 6 nitrogen and oxygen atoms in total. The van der Waals surface area contributed by atoms with Gasteiger partial charge in [0.2, 0.25) is 0 Å². The molecular formula is C19H29N4O2S+. The van der Waals surface area contributed by atoms with Gasteiger partial charge in [-0.15, -0.1) is 0 Å². The highest BCUT2D eigenvalue weighted by molar-refractivity contribution is 8.13. The average Bonchev–Trinajstić information content (AvgIpc) is 2.59. The standard InChI is InChI=1S/C19H28N4O2S/c1-14-8-17(10-19(2,3)9-14)22-12-20-18(21-13-22)26-11-15-4-6-16(7-5-15)23(24)25/h4-7,14,17H,8-13H2,1-3H3,(H,20,21)/p+1/t14-,17+/m0/s1. The van der Waals surface area contributed by atoms with Gasteiger partial charge in [-0.1, -0.05) is 44.7 Å². The number of aliphatic imine (C=N–C) groups is 1. The molecule has 1 aliphatic carbocycles. The number of amidine groups is 1. The molecule has 1 aliphatic heterocycles. The van der Waals surface area contributed by atoms with Crippen molar-refractivity contribution in [3.05, 3.63) is 39.9 Å². The molecule has 0 amide bonds. The van der Waals surface area contributed by atoms with Gasteiger partial charge in [0.05, 0.1) is 11.0 Å². The molecule has 1 unspecified atom stereocenters. The van der Waals surface area contributed by atoms with Crippen LogP contribution < -0.4 is 10.2 Å². The molecule has 0 aromatic heterocycles. The number of quaternary nitrogens is 1. The van der Waals surface area contributed by atoms with Crippen molar-refractivity contribution in [1.82, 2.24) is 5.32 Å². The molecule has 1 heterocycles. The Labute approximate surface area is 159 Å². The fourth-order valence-electron chi connectivity index (χ4n) is 4.37. The lowest BCUT2D eigenvalue weighted by Crippen LogP contribution is -3.18. The van der Waals surface area contributed by atoms with E-state index in [1.54, 1.807) is 28.8 Å². The topological polar surface area (TPSA) is 72.0 Å². The van der Waals surface area contributed by atoms with Crippen molar-refractivity contribution in [1.29, 1.82) is 0 Å². The molecular weight excluding hydrogens is 348 g/mol. The van der Waals surface area contributed by atoms with Crippen LogP contribution in [0.5, 0.6) is 0 Å². The summed E-state index contributed by atoms with van der Waals surface area (Å²) in [4.78, 5) is 16.6. The first-order chi connectivity index (χ1) is 12.3. The van der Waals surface area contributed by atoms with Gasteiger partial charge in [-0.25, -0.2) is 4.99 Å². The second-order valence-electron chi connectivity index (χ2n) is 8.46. The maximum atomic E-state index is 10.7. The van der Waals surface area contributed by atoms with Crippen molar-refractivity contribution in [3.8, 4) is 0 Å². The lowest BCUT2D eigenvalue weighted by atomic mass is 9.70. The van der Waals surface area contributed by atoms with Crippen LogP contribution in [0, 0.1) is 21.4 Å². The van der Waals surface area contributed by atoms with Gasteiger partial charge < -0.3 is 5.32 Å². The summed E-state index contributed by atoms with van der Waals surface area (Å²) in [6.07, 6.45) is 3.89. The van der Waals surface area contributed by atoms with E-state index in [2.05, 4.69) is 26.1 Å². The Balaban J connectivity index is 1.51. The molecule has 2 aliphatic rings. The van der Waals surface area contributed by atoms with Crippen LogP contribution in [0.1, 0.15) is 45.6 Å². The number of non-ortho nitro benzene ring substituents is 1. The molecule has 1 aromatic carbocycles. The van der Waals surface area contributed by atoms with Crippen molar-refractivity contribution in [3.63, 3.8) is 0 Å². The summed E-state index contributed by atoms with van der Waals surface area (Å²) in [6, 6.07) is 7.44. The molecule has 2 N–H and O–H groups in total. The smallest absolute Gasteiger partial charge is 0.269 e. The third-order valence-corrected chi connectivity index (χ3v) is 6.40. The minimum absolute atomic E-state index is 0.135. The van der Waals surface area contributed by atoms with Gasteiger partial charge >= 0.3 is 0 Å². The summed E-state index contributed by atoms with van der Waals surface area (Å²) in [7, 11) is 0. The van der Waals surface area contributed by atoms with Crippen molar-refractivity contribution in [2.45, 2.75) is 51.8 Å². The van der Waals surface area contributed by atoms with Gasteiger partial charge in [-0.3, -0.25) is 15.0 Å². The SMILES string of the molecule is C[C@H]1C[C@@H]([NH+]2CN=C(SCc3ccc([N+](=O)[O-])cc3)NC2)CC(C)(C)C1. The number of nitrogens with zero attached hydrogens (tertiary/aromatic N) is 2. The normalized spacial score (nSPS) is 28.1. The van der Waals surface area contributed by atoms with Crippen LogP contribution in [0.4, 0.5) is 5.69 Å². The van der Waals surface area contributed by atoms with Gasteiger partial charge in [0.25, 0.3) is 5.69 Å². The van der Waals surface area contributed by atoms with Gasteiger partial charge in [-0.2, -0.15) is 0 Å². The van der Waals surface area contributed by atoms with Gasteiger partial charge in [0, 0.05) is 30.7 Å². The quantitative estimate of drug-likeness (QED) is 0.625. The summed E-state index contributed by atoms with van der Waals surface area (Å²) in [5.74, 6) is 1.56. The van der Waals surface area contributed by atoms with Crippen LogP contribution in [0.2, 0.25) is 0 Å². The Morgan fingerprint density at radius 1 is 1.35 bits per heavy atom. The molecule has 0 spiro atoms. The maximum absolute atomic E-state index is 10.7. The molecule has 26 heavy (non-hydrogen) atoms. The lowest BCUT2D eigenvalue weighted by molar-refractivity contribution is -0.930. The highest BCUT2D eigenvalue weighted by Crippen LogP contribution is 2.37. The van der Waals surface area contributed by atoms with Crippen LogP contribution in [-0.2, 0) is 5.75 Å². The molecule has 1 fully saturated rings. The fraction of sp³-hybridized carbons (Fsp3) is 0.632. The second-order valence-corrected chi connectivity index (χ2v) is 9.42. The van der Waals surface area contributed by atoms with Crippen molar-refractivity contribution < 1.29 is 9.82 Å². The molecule has 3 atom stereocenters. The predicted molar refractivity (Wildman–Crippen MR) is 106 cm³/mol. The van der Waals surface area contributed by atoms with Crippen molar-refractivity contribution in [2.24, 2.45) is 16.3 Å². The summed E-state index contributed by atoms with van der Waals surface area (Å²) >= 11 is 1.67. The zero-order valence-electron chi connectivity index (χ0n) is 15.8. The Bertz CT molecular complexity index is 675. The monoisotopic (exact) mass is 377 g/mol. The number of hydrogen-bond acceptors (Lipinski definition) is 5. The van der Waals surface area contributed by atoms with Gasteiger partial charge in [0.15, 0.2) is 18.5 Å². The lowest BCUT2D eigenvalue weighted by Gasteiger charge is -2.42. The Kier molecular flexibility index (Phi) is 5.87. The number of thioether (sulfide) groups is 1. The third kappa shape index (κ3) is 4.98. The Morgan fingerprint density at radius 2 is 2.08 bits per heavy atom. The highest BCUT2D eigenvalue weighted by Gasteiger charge is 2.37. The molecule has 3 rings (SSSR count). The predicted octanol–water partition coefficient (Wildman–Crippen LogP) is 2.80. The van der Waals surface area contributed by atoms with E-state index in [1.807, 2.05) is 12.1 Å². The number of nitro groups is 1. The van der Waals surface area contributed by atoms with E-state index in [0.29, 0.717) is 11.5 Å². The van der Waals surface area contributed by atoms with Crippen molar-refractivity contribution >= 4 is 22.6 Å². The van der Waals surface area contributed by atoms with Crippen LogP contribution >= 0.6 is 11.8 Å². The summed E-state index contributed by atoms with van der Waals surface area (Å²) in [5.41, 5.74) is 1.64. The number of nitrogens with one attached hydrogen (secondary N) is 2. The van der Waals surface area contributed by atoms with E-state index in [4.69, 9.17) is 4.99 Å². The Hall–Kier alpha value is -1.60. The number of nitro benzene ring substituents is 1.